The summed E-state index contributed by atoms with van der Waals surface area (Å²) in [7, 11) is 1.64. The lowest BCUT2D eigenvalue weighted by atomic mass is 9.88. The van der Waals surface area contributed by atoms with E-state index in [4.69, 9.17) is 14.3 Å². The summed E-state index contributed by atoms with van der Waals surface area (Å²) in [6.45, 7) is 0.590. The third-order valence-electron chi connectivity index (χ3n) is 6.19. The second kappa shape index (κ2) is 9.41. The molecule has 1 aliphatic rings. The number of carbonyl (C=O) groups is 2. The molecule has 10 nitrogen and oxygen atoms in total. The smallest absolute Gasteiger partial charge is 0.419 e. The van der Waals surface area contributed by atoms with Gasteiger partial charge in [-0.05, 0) is 28.8 Å². The molecular formula is C24H24N4O6. The first-order chi connectivity index (χ1) is 16.3. The van der Waals surface area contributed by atoms with Crippen molar-refractivity contribution in [3.63, 3.8) is 0 Å². The maximum Gasteiger partial charge on any atom is 0.419 e. The van der Waals surface area contributed by atoms with Gasteiger partial charge in [-0.1, -0.05) is 30.3 Å². The van der Waals surface area contributed by atoms with Crippen LogP contribution in [-0.4, -0.2) is 47.0 Å². The van der Waals surface area contributed by atoms with Gasteiger partial charge in [0.1, 0.15) is 5.54 Å². The van der Waals surface area contributed by atoms with E-state index in [1.165, 1.54) is 4.57 Å². The first kappa shape index (κ1) is 23.1. The standard InChI is InChI=1S/C24H24N4O6/c1-28-19-12-17(6-7-20(19)34-23(28)32)15-2-4-16(5-3-15)18(13-25)14-26-21(29)24(27-22(30)31)8-10-33-11-9-24/h2-7,12,18,27H,8-11,14H2,1H3,(H,26,29)(H,30,31). The zero-order valence-electron chi connectivity index (χ0n) is 18.5. The maximum absolute atomic E-state index is 12.8. The SMILES string of the molecule is Cn1c(=O)oc2ccc(-c3ccc(C(C#N)CNC(=O)C4(NC(=O)O)CCOCC4)cc3)cc21. The van der Waals surface area contributed by atoms with Gasteiger partial charge in [0.15, 0.2) is 5.58 Å². The molecule has 1 aromatic heterocycles. The van der Waals surface area contributed by atoms with Gasteiger partial charge in [-0.25, -0.2) is 9.59 Å². The number of nitrogens with one attached hydrogen (secondary N) is 2. The van der Waals surface area contributed by atoms with E-state index in [9.17, 15) is 19.6 Å². The number of hydrogen-bond acceptors (Lipinski definition) is 6. The summed E-state index contributed by atoms with van der Waals surface area (Å²) in [5.74, 6) is -1.51. The van der Waals surface area contributed by atoms with Crippen LogP contribution in [0.2, 0.25) is 0 Å². The molecule has 3 N–H and O–H groups in total. The topological polar surface area (TPSA) is 147 Å². The monoisotopic (exact) mass is 464 g/mol. The molecule has 3 aromatic rings. The fourth-order valence-electron chi connectivity index (χ4n) is 4.15. The van der Waals surface area contributed by atoms with Gasteiger partial charge in [-0.15, -0.1) is 0 Å². The fourth-order valence-corrected chi connectivity index (χ4v) is 4.15. The van der Waals surface area contributed by atoms with Crippen LogP contribution in [0.4, 0.5) is 4.79 Å². The van der Waals surface area contributed by atoms with Crippen molar-refractivity contribution >= 4 is 23.1 Å². The van der Waals surface area contributed by atoms with Crippen LogP contribution in [0.1, 0.15) is 24.3 Å². The molecule has 34 heavy (non-hydrogen) atoms. The normalized spacial score (nSPS) is 15.9. The molecule has 0 spiro atoms. The van der Waals surface area contributed by atoms with E-state index in [0.29, 0.717) is 11.1 Å². The molecule has 2 amide bonds. The van der Waals surface area contributed by atoms with Crippen LogP contribution in [0.15, 0.2) is 51.7 Å². The van der Waals surface area contributed by atoms with Crippen LogP contribution in [0.5, 0.6) is 0 Å². The number of fused-ring (bicyclic) bond motifs is 1. The third kappa shape index (κ3) is 4.51. The molecule has 1 atom stereocenters. The highest BCUT2D eigenvalue weighted by molar-refractivity contribution is 5.90. The van der Waals surface area contributed by atoms with Crippen LogP contribution in [0, 0.1) is 11.3 Å². The largest absolute Gasteiger partial charge is 0.465 e. The molecule has 0 aliphatic carbocycles. The number of amides is 2. The number of hydrogen-bond donors (Lipinski definition) is 3. The van der Waals surface area contributed by atoms with Crippen molar-refractivity contribution in [2.45, 2.75) is 24.3 Å². The number of carboxylic acid groups (broad SMARTS) is 1. The van der Waals surface area contributed by atoms with Crippen LogP contribution in [0.3, 0.4) is 0 Å². The van der Waals surface area contributed by atoms with E-state index < -0.39 is 29.2 Å². The zero-order chi connectivity index (χ0) is 24.3. The molecule has 2 aromatic carbocycles. The Morgan fingerprint density at radius 2 is 1.85 bits per heavy atom. The van der Waals surface area contributed by atoms with Crippen LogP contribution in [-0.2, 0) is 16.6 Å². The first-order valence-electron chi connectivity index (χ1n) is 10.8. The van der Waals surface area contributed by atoms with Gasteiger partial charge < -0.3 is 24.9 Å². The van der Waals surface area contributed by atoms with Gasteiger partial charge in [-0.2, -0.15) is 5.26 Å². The summed E-state index contributed by atoms with van der Waals surface area (Å²) in [6.07, 6.45) is -0.828. The highest BCUT2D eigenvalue weighted by atomic mass is 16.5. The van der Waals surface area contributed by atoms with Crippen LogP contribution < -0.4 is 16.4 Å². The Morgan fingerprint density at radius 3 is 2.50 bits per heavy atom. The molecular weight excluding hydrogens is 440 g/mol. The highest BCUT2D eigenvalue weighted by Crippen LogP contribution is 2.26. The molecule has 176 valence electrons. The molecule has 0 radical (unpaired) electrons. The Hall–Kier alpha value is -4.10. The first-order valence-corrected chi connectivity index (χ1v) is 10.8. The summed E-state index contributed by atoms with van der Waals surface area (Å²) in [5, 5.41) is 23.9. The Bertz CT molecular complexity index is 1310. The van der Waals surface area contributed by atoms with E-state index >= 15 is 0 Å². The Balaban J connectivity index is 1.47. The zero-order valence-corrected chi connectivity index (χ0v) is 18.5. The minimum atomic E-state index is -1.28. The van der Waals surface area contributed by atoms with Gasteiger partial charge >= 0.3 is 11.8 Å². The summed E-state index contributed by atoms with van der Waals surface area (Å²) >= 11 is 0. The lowest BCUT2D eigenvalue weighted by molar-refractivity contribution is -0.131. The predicted molar refractivity (Wildman–Crippen MR) is 122 cm³/mol. The third-order valence-corrected chi connectivity index (χ3v) is 6.19. The van der Waals surface area contributed by atoms with Crippen molar-refractivity contribution in [2.75, 3.05) is 19.8 Å². The molecule has 0 bridgehead atoms. The van der Waals surface area contributed by atoms with Crippen LogP contribution >= 0.6 is 0 Å². The minimum absolute atomic E-state index is 0.0433. The summed E-state index contributed by atoms with van der Waals surface area (Å²) in [6, 6.07) is 15.0. The molecule has 1 fully saturated rings. The molecule has 1 aliphatic heterocycles. The summed E-state index contributed by atoms with van der Waals surface area (Å²) in [5.41, 5.74) is 2.43. The summed E-state index contributed by atoms with van der Waals surface area (Å²) in [4.78, 5) is 35.8. The van der Waals surface area contributed by atoms with Crippen molar-refractivity contribution in [1.82, 2.24) is 15.2 Å². The number of nitriles is 1. The Kier molecular flexibility index (Phi) is 6.38. The number of aryl methyl sites for hydroxylation is 1. The molecule has 2 heterocycles. The molecule has 10 heteroatoms. The van der Waals surface area contributed by atoms with E-state index in [2.05, 4.69) is 16.7 Å². The number of oxazole rings is 1. The van der Waals surface area contributed by atoms with Crippen molar-refractivity contribution in [3.8, 4) is 17.2 Å². The molecule has 0 saturated carbocycles. The number of aromatic nitrogens is 1. The number of nitrogens with zero attached hydrogens (tertiary/aromatic N) is 2. The minimum Gasteiger partial charge on any atom is -0.465 e. The number of ether oxygens (including phenoxy) is 1. The molecule has 1 saturated heterocycles. The van der Waals surface area contributed by atoms with Gasteiger partial charge in [0.25, 0.3) is 0 Å². The fraction of sp³-hybridized carbons (Fsp3) is 0.333. The number of rotatable bonds is 6. The number of carbonyl (C=O) groups excluding carboxylic acids is 1. The average molecular weight is 464 g/mol. The second-order valence-corrected chi connectivity index (χ2v) is 8.25. The van der Waals surface area contributed by atoms with Crippen molar-refractivity contribution in [1.29, 1.82) is 5.26 Å². The van der Waals surface area contributed by atoms with E-state index in [1.54, 1.807) is 13.1 Å². The number of benzene rings is 2. The Morgan fingerprint density at radius 1 is 1.18 bits per heavy atom. The molecule has 4 rings (SSSR count). The lowest BCUT2D eigenvalue weighted by Crippen LogP contribution is -2.61. The van der Waals surface area contributed by atoms with E-state index in [0.717, 1.165) is 16.7 Å². The quantitative estimate of drug-likeness (QED) is 0.507. The Labute approximate surface area is 194 Å². The molecule has 1 unspecified atom stereocenters. The van der Waals surface area contributed by atoms with Crippen molar-refractivity contribution < 1.29 is 23.8 Å². The summed E-state index contributed by atoms with van der Waals surface area (Å²) < 4.78 is 11.9. The van der Waals surface area contributed by atoms with Gasteiger partial charge in [0, 0.05) is 39.6 Å². The predicted octanol–water partition coefficient (Wildman–Crippen LogP) is 2.34. The second-order valence-electron chi connectivity index (χ2n) is 8.25. The average Bonchev–Trinajstić information content (AvgIpc) is 3.12. The van der Waals surface area contributed by atoms with Crippen molar-refractivity contribution in [3.05, 3.63) is 58.6 Å². The maximum atomic E-state index is 12.8. The van der Waals surface area contributed by atoms with E-state index in [1.807, 2.05) is 36.4 Å². The van der Waals surface area contributed by atoms with Gasteiger partial charge in [0.2, 0.25) is 5.91 Å². The van der Waals surface area contributed by atoms with Gasteiger partial charge in [-0.3, -0.25) is 9.36 Å². The van der Waals surface area contributed by atoms with Crippen LogP contribution in [0.25, 0.3) is 22.2 Å². The van der Waals surface area contributed by atoms with Gasteiger partial charge in [0.05, 0.1) is 17.5 Å². The highest BCUT2D eigenvalue weighted by Gasteiger charge is 2.41. The lowest BCUT2D eigenvalue weighted by Gasteiger charge is -2.35. The van der Waals surface area contributed by atoms with E-state index in [-0.39, 0.29) is 32.6 Å². The van der Waals surface area contributed by atoms with Crippen molar-refractivity contribution in [2.24, 2.45) is 7.05 Å².